The van der Waals surface area contributed by atoms with E-state index in [0.717, 1.165) is 0 Å². The molecule has 2 rings (SSSR count). The summed E-state index contributed by atoms with van der Waals surface area (Å²) in [5.41, 5.74) is 2.36. The molecular weight excluding hydrogens is 136 g/mol. The first-order valence-corrected chi connectivity index (χ1v) is 3.28. The summed E-state index contributed by atoms with van der Waals surface area (Å²) in [4.78, 5) is 18.8. The smallest absolute Gasteiger partial charge is 0.266 e. The molecular formula is C5H2N2OS. The molecule has 0 spiro atoms. The number of hydrogen-bond donors (Lipinski definition) is 0. The molecule has 0 fully saturated rings. The molecule has 0 atom stereocenters. The van der Waals surface area contributed by atoms with E-state index in [-0.39, 0.29) is 5.91 Å². The molecule has 1 aromatic heterocycles. The van der Waals surface area contributed by atoms with Crippen molar-refractivity contribution < 1.29 is 4.79 Å². The fourth-order valence-electron chi connectivity index (χ4n) is 0.685. The maximum absolute atomic E-state index is 10.7. The van der Waals surface area contributed by atoms with Crippen molar-refractivity contribution in [3.05, 3.63) is 16.1 Å². The van der Waals surface area contributed by atoms with Crippen molar-refractivity contribution in [1.29, 1.82) is 0 Å². The minimum absolute atomic E-state index is 0.160. The van der Waals surface area contributed by atoms with Crippen LogP contribution in [0.25, 0.3) is 0 Å². The minimum atomic E-state index is -0.160. The summed E-state index contributed by atoms with van der Waals surface area (Å²) in [6.45, 7) is 0. The number of hydrogen-bond acceptors (Lipinski definition) is 3. The highest BCUT2D eigenvalue weighted by Crippen LogP contribution is 2.16. The van der Waals surface area contributed by atoms with Gasteiger partial charge in [0.15, 0.2) is 0 Å². The van der Waals surface area contributed by atoms with Crippen molar-refractivity contribution in [2.75, 3.05) is 0 Å². The van der Waals surface area contributed by atoms with E-state index in [0.29, 0.717) is 10.6 Å². The fraction of sp³-hybridized carbons (Fsp3) is 0. The van der Waals surface area contributed by atoms with Crippen LogP contribution >= 0.6 is 11.3 Å². The molecule has 0 saturated heterocycles. The Morgan fingerprint density at radius 2 is 2.44 bits per heavy atom. The zero-order chi connectivity index (χ0) is 6.27. The molecule has 1 aromatic rings. The molecule has 3 nitrogen and oxygen atoms in total. The van der Waals surface area contributed by atoms with Gasteiger partial charge in [0.2, 0.25) is 0 Å². The van der Waals surface area contributed by atoms with Crippen LogP contribution < -0.4 is 0 Å². The Kier molecular flexibility index (Phi) is 0.790. The lowest BCUT2D eigenvalue weighted by Gasteiger charge is -1.75. The van der Waals surface area contributed by atoms with Gasteiger partial charge in [-0.2, -0.15) is 0 Å². The Hall–Kier alpha value is -1.03. The molecule has 0 N–H and O–H groups in total. The summed E-state index contributed by atoms with van der Waals surface area (Å²) in [5.74, 6) is -0.160. The van der Waals surface area contributed by atoms with E-state index < -0.39 is 0 Å². The molecule has 1 amide bonds. The summed E-state index contributed by atoms with van der Waals surface area (Å²) in [6, 6.07) is 0. The van der Waals surface area contributed by atoms with E-state index in [1.54, 1.807) is 5.51 Å². The summed E-state index contributed by atoms with van der Waals surface area (Å²) >= 11 is 1.33. The van der Waals surface area contributed by atoms with Crippen molar-refractivity contribution >= 4 is 23.5 Å². The monoisotopic (exact) mass is 138 g/mol. The van der Waals surface area contributed by atoms with Crippen LogP contribution in [0.5, 0.6) is 0 Å². The fourth-order valence-corrected chi connectivity index (χ4v) is 1.34. The Labute approximate surface area is 55.1 Å². The van der Waals surface area contributed by atoms with Crippen molar-refractivity contribution in [3.8, 4) is 0 Å². The molecule has 0 bridgehead atoms. The first-order chi connectivity index (χ1) is 4.38. The Morgan fingerprint density at radius 1 is 1.56 bits per heavy atom. The van der Waals surface area contributed by atoms with Crippen LogP contribution in [0.3, 0.4) is 0 Å². The van der Waals surface area contributed by atoms with Crippen LogP contribution in [0, 0.1) is 0 Å². The second kappa shape index (κ2) is 1.48. The van der Waals surface area contributed by atoms with E-state index >= 15 is 0 Å². The summed E-state index contributed by atoms with van der Waals surface area (Å²) in [6.07, 6.45) is 1.49. The van der Waals surface area contributed by atoms with Crippen molar-refractivity contribution in [2.24, 2.45) is 4.99 Å². The number of nitrogens with zero attached hydrogens (tertiary/aromatic N) is 2. The molecule has 0 aromatic carbocycles. The third-order valence-corrected chi connectivity index (χ3v) is 1.92. The van der Waals surface area contributed by atoms with E-state index in [9.17, 15) is 4.79 Å². The summed E-state index contributed by atoms with van der Waals surface area (Å²) in [5, 5.41) is 0. The molecule has 1 aliphatic rings. The van der Waals surface area contributed by atoms with Gasteiger partial charge in [-0.3, -0.25) is 4.79 Å². The molecule has 0 saturated carbocycles. The predicted octanol–water partition coefficient (Wildman–Crippen LogP) is 0.716. The number of aromatic nitrogens is 1. The molecule has 0 unspecified atom stereocenters. The second-order valence-corrected chi connectivity index (χ2v) is 2.48. The Balaban J connectivity index is 2.73. The number of carbonyl (C=O) groups is 1. The largest absolute Gasteiger partial charge is 0.289 e. The third-order valence-electron chi connectivity index (χ3n) is 1.09. The van der Waals surface area contributed by atoms with E-state index in [1.807, 2.05) is 0 Å². The molecule has 9 heavy (non-hydrogen) atoms. The van der Waals surface area contributed by atoms with Crippen LogP contribution in [0.15, 0.2) is 10.5 Å². The number of fused-ring (bicyclic) bond motifs is 1. The summed E-state index contributed by atoms with van der Waals surface area (Å²) in [7, 11) is 0. The topological polar surface area (TPSA) is 42.3 Å². The first-order valence-electron chi connectivity index (χ1n) is 2.40. The van der Waals surface area contributed by atoms with Crippen LogP contribution in [-0.4, -0.2) is 17.1 Å². The highest BCUT2D eigenvalue weighted by molar-refractivity contribution is 7.12. The lowest BCUT2D eigenvalue weighted by molar-refractivity contribution is 0.101. The van der Waals surface area contributed by atoms with Gasteiger partial charge in [-0.05, 0) is 0 Å². The second-order valence-electron chi connectivity index (χ2n) is 1.63. The summed E-state index contributed by atoms with van der Waals surface area (Å²) < 4.78 is 0. The average molecular weight is 138 g/mol. The number of aliphatic imine (C=N–C) groups is 1. The zero-order valence-electron chi connectivity index (χ0n) is 4.37. The van der Waals surface area contributed by atoms with Gasteiger partial charge in [0, 0.05) is 0 Å². The van der Waals surface area contributed by atoms with E-state index in [2.05, 4.69) is 9.98 Å². The SMILES string of the molecule is O=C1N=Cc2ncsc21. The lowest BCUT2D eigenvalue weighted by atomic mass is 10.4. The van der Waals surface area contributed by atoms with Gasteiger partial charge in [0.25, 0.3) is 5.91 Å². The van der Waals surface area contributed by atoms with Crippen molar-refractivity contribution in [3.63, 3.8) is 0 Å². The number of thiazole rings is 1. The zero-order valence-corrected chi connectivity index (χ0v) is 5.18. The van der Waals surface area contributed by atoms with Crippen molar-refractivity contribution in [1.82, 2.24) is 4.98 Å². The van der Waals surface area contributed by atoms with E-state index in [4.69, 9.17) is 0 Å². The minimum Gasteiger partial charge on any atom is -0.266 e. The molecule has 1 aliphatic heterocycles. The van der Waals surface area contributed by atoms with Gasteiger partial charge in [-0.1, -0.05) is 0 Å². The Morgan fingerprint density at radius 3 is 3.22 bits per heavy atom. The molecule has 0 radical (unpaired) electrons. The predicted molar refractivity (Wildman–Crippen MR) is 34.0 cm³/mol. The van der Waals surface area contributed by atoms with Gasteiger partial charge in [0.1, 0.15) is 10.6 Å². The quantitative estimate of drug-likeness (QED) is 0.530. The van der Waals surface area contributed by atoms with Gasteiger partial charge in [-0.25, -0.2) is 9.98 Å². The molecule has 4 heteroatoms. The highest BCUT2D eigenvalue weighted by Gasteiger charge is 2.16. The number of rotatable bonds is 0. The maximum atomic E-state index is 10.7. The van der Waals surface area contributed by atoms with Gasteiger partial charge in [0.05, 0.1) is 11.7 Å². The number of carbonyl (C=O) groups excluding carboxylic acids is 1. The van der Waals surface area contributed by atoms with Crippen LogP contribution in [0.1, 0.15) is 15.4 Å². The van der Waals surface area contributed by atoms with Gasteiger partial charge >= 0.3 is 0 Å². The number of amides is 1. The van der Waals surface area contributed by atoms with E-state index in [1.165, 1.54) is 17.6 Å². The normalized spacial score (nSPS) is 14.4. The lowest BCUT2D eigenvalue weighted by Crippen LogP contribution is -1.83. The Bertz CT molecular complexity index is 289. The third kappa shape index (κ3) is 0.533. The molecule has 0 aliphatic carbocycles. The maximum Gasteiger partial charge on any atom is 0.289 e. The van der Waals surface area contributed by atoms with Crippen LogP contribution in [0.4, 0.5) is 0 Å². The van der Waals surface area contributed by atoms with Crippen molar-refractivity contribution in [2.45, 2.75) is 0 Å². The van der Waals surface area contributed by atoms with Crippen LogP contribution in [0.2, 0.25) is 0 Å². The highest BCUT2D eigenvalue weighted by atomic mass is 32.1. The molecule has 44 valence electrons. The van der Waals surface area contributed by atoms with Crippen LogP contribution in [-0.2, 0) is 0 Å². The standard InChI is InChI=1S/C5H2N2OS/c8-5-4-3(1-6-5)7-2-9-4/h1-2H. The first kappa shape index (κ1) is 4.81. The van der Waals surface area contributed by atoms with Gasteiger partial charge in [-0.15, -0.1) is 11.3 Å². The van der Waals surface area contributed by atoms with Gasteiger partial charge < -0.3 is 0 Å². The average Bonchev–Trinajstić information content (AvgIpc) is 2.35. The molecule has 2 heterocycles.